The summed E-state index contributed by atoms with van der Waals surface area (Å²) in [5.41, 5.74) is -1.99. The molecule has 4 aliphatic carbocycles. The molecule has 2 heterocycles. The Morgan fingerprint density at radius 2 is 1.80 bits per heavy atom. The first-order valence-electron chi connectivity index (χ1n) is 15.3. The number of fused-ring (bicyclic) bond motifs is 5. The molecule has 9 heteroatoms. The fraction of sp³-hybridized carbons (Fsp3) is 0.903. The summed E-state index contributed by atoms with van der Waals surface area (Å²) >= 11 is 0. The van der Waals surface area contributed by atoms with Crippen molar-refractivity contribution in [3.05, 3.63) is 11.6 Å². The predicted molar refractivity (Wildman–Crippen MR) is 144 cm³/mol. The number of rotatable bonds is 6. The lowest BCUT2D eigenvalue weighted by Crippen LogP contribution is -2.69. The molecular weight excluding hydrogens is 516 g/mol. The maximum atomic E-state index is 12.4. The number of aliphatic hydroxyl groups is 3. The second-order valence-corrected chi connectivity index (χ2v) is 13.9. The van der Waals surface area contributed by atoms with Crippen molar-refractivity contribution in [3.8, 4) is 0 Å². The standard InChI is InChI=1S/C31H48O9/c1-18-27(37-4)24(36-3)14-26(39-18)40-20-5-10-29(17-32)22-6-9-28(2)21(19-13-25(33)38-16-19)8-12-31(28,35)23(22)7-11-30(29,34)15-20/h13,18,20-24,26-27,32,34-35H,5-12,14-17H2,1-4H3/t18-,20+,21-,22+,23-,24+,26+,27-,28-,29+,30+,31+/m1/s1. The number of hydrogen-bond acceptors (Lipinski definition) is 9. The third-order valence-corrected chi connectivity index (χ3v) is 12.6. The van der Waals surface area contributed by atoms with Crippen LogP contribution in [0.5, 0.6) is 0 Å². The summed E-state index contributed by atoms with van der Waals surface area (Å²) in [5.74, 6) is -0.147. The molecule has 3 N–H and O–H groups in total. The summed E-state index contributed by atoms with van der Waals surface area (Å²) in [4.78, 5) is 11.8. The molecule has 9 nitrogen and oxygen atoms in total. The third-order valence-electron chi connectivity index (χ3n) is 12.6. The van der Waals surface area contributed by atoms with Crippen LogP contribution in [0.1, 0.15) is 78.1 Å². The summed E-state index contributed by atoms with van der Waals surface area (Å²) in [6.07, 6.45) is 7.28. The first-order chi connectivity index (χ1) is 19.0. The molecule has 0 aromatic heterocycles. The minimum Gasteiger partial charge on any atom is -0.458 e. The monoisotopic (exact) mass is 564 g/mol. The molecule has 0 aromatic carbocycles. The van der Waals surface area contributed by atoms with Crippen molar-refractivity contribution in [1.82, 2.24) is 0 Å². The van der Waals surface area contributed by atoms with Crippen LogP contribution in [0.3, 0.4) is 0 Å². The SMILES string of the molecule is CO[C@H]1[C@@H](OC)C[C@H](O[C@H]2CC[C@]3(CO)[C@H]4CC[C@]5(C)[C@@H](C6=CC(=O)OC6)CC[C@]5(O)[C@@H]4CC[C@]3(O)C2)O[C@@H]1C. The summed E-state index contributed by atoms with van der Waals surface area (Å²) in [6.45, 7) is 4.38. The van der Waals surface area contributed by atoms with E-state index in [9.17, 15) is 20.1 Å². The van der Waals surface area contributed by atoms with Gasteiger partial charge in [0.1, 0.15) is 12.7 Å². The Balaban J connectivity index is 1.19. The molecule has 0 radical (unpaired) electrons. The van der Waals surface area contributed by atoms with Crippen LogP contribution in [0, 0.1) is 28.6 Å². The second kappa shape index (κ2) is 10.3. The van der Waals surface area contributed by atoms with Gasteiger partial charge in [0.25, 0.3) is 0 Å². The molecule has 0 unspecified atom stereocenters. The van der Waals surface area contributed by atoms with Gasteiger partial charge in [0, 0.05) is 44.0 Å². The number of carbonyl (C=O) groups is 1. The quantitative estimate of drug-likeness (QED) is 0.330. The van der Waals surface area contributed by atoms with Crippen molar-refractivity contribution in [3.63, 3.8) is 0 Å². The molecule has 0 bridgehead atoms. The molecule has 0 spiro atoms. The fourth-order valence-electron chi connectivity index (χ4n) is 10.5. The first-order valence-corrected chi connectivity index (χ1v) is 15.3. The molecule has 4 saturated carbocycles. The largest absolute Gasteiger partial charge is 0.458 e. The van der Waals surface area contributed by atoms with Gasteiger partial charge in [0.2, 0.25) is 0 Å². The van der Waals surface area contributed by atoms with Crippen LogP contribution in [0.15, 0.2) is 11.6 Å². The van der Waals surface area contributed by atoms with Gasteiger partial charge in [0.15, 0.2) is 6.29 Å². The van der Waals surface area contributed by atoms with Crippen LogP contribution >= 0.6 is 0 Å². The second-order valence-electron chi connectivity index (χ2n) is 13.9. The van der Waals surface area contributed by atoms with Gasteiger partial charge in [-0.1, -0.05) is 6.92 Å². The molecule has 6 rings (SSSR count). The molecule has 40 heavy (non-hydrogen) atoms. The molecule has 12 atom stereocenters. The Morgan fingerprint density at radius 3 is 2.48 bits per heavy atom. The van der Waals surface area contributed by atoms with E-state index in [0.29, 0.717) is 45.1 Å². The van der Waals surface area contributed by atoms with Crippen molar-refractivity contribution < 1.29 is 43.8 Å². The van der Waals surface area contributed by atoms with Crippen LogP contribution in [0.2, 0.25) is 0 Å². The van der Waals surface area contributed by atoms with E-state index >= 15 is 0 Å². The maximum absolute atomic E-state index is 12.4. The zero-order valence-corrected chi connectivity index (χ0v) is 24.5. The Labute approximate surface area is 237 Å². The third kappa shape index (κ3) is 4.09. The molecule has 0 aromatic rings. The van der Waals surface area contributed by atoms with E-state index in [1.54, 1.807) is 20.3 Å². The fourth-order valence-corrected chi connectivity index (χ4v) is 10.5. The van der Waals surface area contributed by atoms with Crippen molar-refractivity contribution >= 4 is 5.97 Å². The minimum atomic E-state index is -1.07. The Bertz CT molecular complexity index is 1020. The zero-order chi connectivity index (χ0) is 28.5. The van der Waals surface area contributed by atoms with Crippen molar-refractivity contribution in [2.24, 2.45) is 28.6 Å². The van der Waals surface area contributed by atoms with Crippen LogP contribution in [-0.4, -0.2) is 90.6 Å². The molecule has 2 aliphatic heterocycles. The number of carbonyl (C=O) groups excluding carboxylic acids is 1. The van der Waals surface area contributed by atoms with E-state index in [0.717, 1.165) is 31.3 Å². The van der Waals surface area contributed by atoms with E-state index in [4.69, 9.17) is 23.7 Å². The number of hydrogen-bond donors (Lipinski definition) is 3. The normalized spacial score (nSPS) is 52.4. The van der Waals surface area contributed by atoms with Gasteiger partial charge in [-0.25, -0.2) is 4.79 Å². The van der Waals surface area contributed by atoms with Gasteiger partial charge in [-0.3, -0.25) is 0 Å². The minimum absolute atomic E-state index is 0.00395. The summed E-state index contributed by atoms with van der Waals surface area (Å²) in [6, 6.07) is 0. The van der Waals surface area contributed by atoms with E-state index in [-0.39, 0.29) is 60.2 Å². The van der Waals surface area contributed by atoms with Crippen LogP contribution in [0.4, 0.5) is 0 Å². The van der Waals surface area contributed by atoms with E-state index in [1.807, 2.05) is 6.92 Å². The van der Waals surface area contributed by atoms with Crippen LogP contribution < -0.4 is 0 Å². The topological polar surface area (TPSA) is 124 Å². The zero-order valence-electron chi connectivity index (χ0n) is 24.5. The van der Waals surface area contributed by atoms with Gasteiger partial charge in [-0.15, -0.1) is 0 Å². The summed E-state index contributed by atoms with van der Waals surface area (Å²) < 4.78 is 29.1. The van der Waals surface area contributed by atoms with Crippen LogP contribution in [0.25, 0.3) is 0 Å². The summed E-state index contributed by atoms with van der Waals surface area (Å²) in [5, 5.41) is 35.7. The first kappa shape index (κ1) is 29.0. The molecule has 1 saturated heterocycles. The number of ether oxygens (including phenoxy) is 5. The predicted octanol–water partition coefficient (Wildman–Crippen LogP) is 2.88. The highest BCUT2D eigenvalue weighted by Crippen LogP contribution is 2.70. The van der Waals surface area contributed by atoms with E-state index in [1.165, 1.54) is 0 Å². The van der Waals surface area contributed by atoms with Crippen LogP contribution in [-0.2, 0) is 28.5 Å². The molecule has 226 valence electrons. The smallest absolute Gasteiger partial charge is 0.331 e. The van der Waals surface area contributed by atoms with Gasteiger partial charge in [-0.2, -0.15) is 0 Å². The van der Waals surface area contributed by atoms with Gasteiger partial charge in [0.05, 0.1) is 36.1 Å². The van der Waals surface area contributed by atoms with E-state index < -0.39 is 22.9 Å². The van der Waals surface area contributed by atoms with Crippen molar-refractivity contribution in [2.45, 2.75) is 120 Å². The average molecular weight is 565 g/mol. The van der Waals surface area contributed by atoms with Crippen molar-refractivity contribution in [1.29, 1.82) is 0 Å². The molecule has 0 amide bonds. The van der Waals surface area contributed by atoms with Gasteiger partial charge >= 0.3 is 5.97 Å². The van der Waals surface area contributed by atoms with Gasteiger partial charge in [-0.05, 0) is 81.6 Å². The lowest BCUT2D eigenvalue weighted by atomic mass is 9.41. The highest BCUT2D eigenvalue weighted by Gasteiger charge is 2.71. The van der Waals surface area contributed by atoms with Crippen molar-refractivity contribution in [2.75, 3.05) is 27.4 Å². The number of methoxy groups -OCH3 is 2. The summed E-state index contributed by atoms with van der Waals surface area (Å²) in [7, 11) is 3.34. The van der Waals surface area contributed by atoms with Gasteiger partial charge < -0.3 is 39.0 Å². The lowest BCUT2D eigenvalue weighted by molar-refractivity contribution is -0.299. The molecule has 6 aliphatic rings. The van der Waals surface area contributed by atoms with E-state index in [2.05, 4.69) is 6.92 Å². The number of cyclic esters (lactones) is 1. The molecular formula is C31H48O9. The maximum Gasteiger partial charge on any atom is 0.331 e. The Kier molecular flexibility index (Phi) is 7.46. The average Bonchev–Trinajstić information content (AvgIpc) is 3.47. The Morgan fingerprint density at radius 1 is 1.02 bits per heavy atom. The number of esters is 1. The number of aliphatic hydroxyl groups excluding tert-OH is 1. The molecule has 5 fully saturated rings. The highest BCUT2D eigenvalue weighted by molar-refractivity contribution is 5.85. The Hall–Kier alpha value is -1.07. The lowest BCUT2D eigenvalue weighted by Gasteiger charge is -2.66. The highest BCUT2D eigenvalue weighted by atomic mass is 16.7.